The molecule has 1 aromatic heterocycles. The molecule has 0 radical (unpaired) electrons. The minimum absolute atomic E-state index is 0.00918. The molecule has 3 aromatic rings. The van der Waals surface area contributed by atoms with Gasteiger partial charge in [-0.3, -0.25) is 0 Å². The molecule has 0 amide bonds. The second kappa shape index (κ2) is 5.32. The molecule has 1 saturated carbocycles. The van der Waals surface area contributed by atoms with Crippen LogP contribution in [0.2, 0.25) is 0 Å². The standard InChI is InChI=1S/C19H20N4/c1-2-19(20)12-17(19)14-8-10-16(11-9-14)23-13-18(21-22-23)15-6-4-3-5-7-15/h3-11,13,17H,2,12,20H2,1H3/t17-,19-/m1/s1. The van der Waals surface area contributed by atoms with E-state index < -0.39 is 0 Å². The summed E-state index contributed by atoms with van der Waals surface area (Å²) in [5.74, 6) is 0.497. The first-order chi connectivity index (χ1) is 11.2. The first-order valence-corrected chi connectivity index (χ1v) is 8.06. The van der Waals surface area contributed by atoms with Crippen LogP contribution in [0.5, 0.6) is 0 Å². The molecule has 0 bridgehead atoms. The predicted octanol–water partition coefficient (Wildman–Crippen LogP) is 3.53. The Labute approximate surface area is 135 Å². The van der Waals surface area contributed by atoms with Crippen LogP contribution in [0.15, 0.2) is 60.8 Å². The maximum Gasteiger partial charge on any atom is 0.113 e. The van der Waals surface area contributed by atoms with Gasteiger partial charge in [-0.2, -0.15) is 0 Å². The summed E-state index contributed by atoms with van der Waals surface area (Å²) in [6.45, 7) is 2.16. The number of nitrogens with two attached hydrogens (primary N) is 1. The number of nitrogens with zero attached hydrogens (tertiary/aromatic N) is 3. The van der Waals surface area contributed by atoms with E-state index >= 15 is 0 Å². The Morgan fingerprint density at radius 2 is 1.87 bits per heavy atom. The molecule has 1 aliphatic carbocycles. The Kier molecular flexibility index (Phi) is 3.27. The van der Waals surface area contributed by atoms with E-state index in [1.54, 1.807) is 0 Å². The average Bonchev–Trinajstić information content (AvgIpc) is 3.07. The smallest absolute Gasteiger partial charge is 0.113 e. The minimum atomic E-state index is 0.00918. The van der Waals surface area contributed by atoms with Crippen LogP contribution in [0.25, 0.3) is 16.9 Å². The fourth-order valence-corrected chi connectivity index (χ4v) is 3.15. The van der Waals surface area contributed by atoms with Crippen LogP contribution < -0.4 is 5.73 Å². The van der Waals surface area contributed by atoms with Crippen molar-refractivity contribution in [2.75, 3.05) is 0 Å². The third-order valence-corrected chi connectivity index (χ3v) is 4.90. The summed E-state index contributed by atoms with van der Waals surface area (Å²) in [6, 6.07) is 18.6. The van der Waals surface area contributed by atoms with E-state index in [2.05, 4.69) is 41.5 Å². The molecular formula is C19H20N4. The molecule has 2 N–H and O–H groups in total. The summed E-state index contributed by atoms with van der Waals surface area (Å²) in [5, 5.41) is 8.50. The van der Waals surface area contributed by atoms with Crippen molar-refractivity contribution in [3.8, 4) is 16.9 Å². The van der Waals surface area contributed by atoms with E-state index in [1.165, 1.54) is 5.56 Å². The lowest BCUT2D eigenvalue weighted by Gasteiger charge is -2.08. The molecule has 1 heterocycles. The van der Waals surface area contributed by atoms with Gasteiger partial charge in [0.2, 0.25) is 0 Å². The van der Waals surface area contributed by atoms with E-state index in [1.807, 2.05) is 41.2 Å². The molecule has 2 aromatic carbocycles. The van der Waals surface area contributed by atoms with Crippen LogP contribution >= 0.6 is 0 Å². The van der Waals surface area contributed by atoms with Crippen LogP contribution in [0.4, 0.5) is 0 Å². The highest BCUT2D eigenvalue weighted by Gasteiger charge is 2.49. The van der Waals surface area contributed by atoms with Gasteiger partial charge in [0, 0.05) is 17.0 Å². The van der Waals surface area contributed by atoms with Crippen LogP contribution in [-0.4, -0.2) is 20.5 Å². The number of hydrogen-bond acceptors (Lipinski definition) is 3. The maximum atomic E-state index is 6.31. The van der Waals surface area contributed by atoms with Crippen molar-refractivity contribution in [3.05, 3.63) is 66.4 Å². The topological polar surface area (TPSA) is 56.7 Å². The Morgan fingerprint density at radius 1 is 1.13 bits per heavy atom. The van der Waals surface area contributed by atoms with Crippen LogP contribution in [0.3, 0.4) is 0 Å². The van der Waals surface area contributed by atoms with Gasteiger partial charge in [0.1, 0.15) is 5.69 Å². The van der Waals surface area contributed by atoms with Crippen molar-refractivity contribution in [2.45, 2.75) is 31.2 Å². The molecular weight excluding hydrogens is 284 g/mol. The highest BCUT2D eigenvalue weighted by atomic mass is 15.4. The summed E-state index contributed by atoms with van der Waals surface area (Å²) in [4.78, 5) is 0. The summed E-state index contributed by atoms with van der Waals surface area (Å²) in [5.41, 5.74) is 10.6. The van der Waals surface area contributed by atoms with Gasteiger partial charge < -0.3 is 5.73 Å². The lowest BCUT2D eigenvalue weighted by atomic mass is 10.0. The fourth-order valence-electron chi connectivity index (χ4n) is 3.15. The van der Waals surface area contributed by atoms with Crippen molar-refractivity contribution in [1.29, 1.82) is 0 Å². The SMILES string of the molecule is CC[C@@]1(N)C[C@@H]1c1ccc(-n2cc(-c3ccccc3)nn2)cc1. The molecule has 4 rings (SSSR count). The highest BCUT2D eigenvalue weighted by Crippen LogP contribution is 2.51. The normalized spacial score (nSPS) is 23.0. The van der Waals surface area contributed by atoms with E-state index in [4.69, 9.17) is 5.73 Å². The number of hydrogen-bond donors (Lipinski definition) is 1. The van der Waals surface area contributed by atoms with Gasteiger partial charge in [-0.15, -0.1) is 5.10 Å². The van der Waals surface area contributed by atoms with Crippen LogP contribution in [-0.2, 0) is 0 Å². The zero-order chi connectivity index (χ0) is 15.9. The highest BCUT2D eigenvalue weighted by molar-refractivity contribution is 5.57. The van der Waals surface area contributed by atoms with Gasteiger partial charge in [-0.1, -0.05) is 54.6 Å². The molecule has 4 heteroatoms. The summed E-state index contributed by atoms with van der Waals surface area (Å²) < 4.78 is 1.81. The average molecular weight is 304 g/mol. The van der Waals surface area contributed by atoms with Gasteiger partial charge in [0.25, 0.3) is 0 Å². The first-order valence-electron chi connectivity index (χ1n) is 8.06. The second-order valence-electron chi connectivity index (χ2n) is 6.35. The quantitative estimate of drug-likeness (QED) is 0.802. The Balaban J connectivity index is 1.56. The molecule has 23 heavy (non-hydrogen) atoms. The lowest BCUT2D eigenvalue weighted by molar-refractivity contribution is 0.626. The van der Waals surface area contributed by atoms with Crippen molar-refractivity contribution in [2.24, 2.45) is 5.73 Å². The minimum Gasteiger partial charge on any atom is -0.325 e. The van der Waals surface area contributed by atoms with E-state index in [0.29, 0.717) is 5.92 Å². The van der Waals surface area contributed by atoms with Gasteiger partial charge in [0.05, 0.1) is 11.9 Å². The van der Waals surface area contributed by atoms with E-state index in [0.717, 1.165) is 29.8 Å². The molecule has 116 valence electrons. The monoisotopic (exact) mass is 304 g/mol. The maximum absolute atomic E-state index is 6.31. The molecule has 0 aliphatic heterocycles. The summed E-state index contributed by atoms with van der Waals surface area (Å²) in [7, 11) is 0. The molecule has 1 fully saturated rings. The number of benzene rings is 2. The van der Waals surface area contributed by atoms with Gasteiger partial charge >= 0.3 is 0 Å². The van der Waals surface area contributed by atoms with Crippen LogP contribution in [0, 0.1) is 0 Å². The molecule has 0 unspecified atom stereocenters. The van der Waals surface area contributed by atoms with Gasteiger partial charge in [-0.05, 0) is 30.5 Å². The lowest BCUT2D eigenvalue weighted by Crippen LogP contribution is -2.22. The zero-order valence-electron chi connectivity index (χ0n) is 13.2. The third-order valence-electron chi connectivity index (χ3n) is 4.90. The van der Waals surface area contributed by atoms with Crippen molar-refractivity contribution in [1.82, 2.24) is 15.0 Å². The molecule has 0 saturated heterocycles. The van der Waals surface area contributed by atoms with Crippen LogP contribution in [0.1, 0.15) is 31.2 Å². The van der Waals surface area contributed by atoms with Gasteiger partial charge in [0.15, 0.2) is 0 Å². The van der Waals surface area contributed by atoms with Crippen molar-refractivity contribution in [3.63, 3.8) is 0 Å². The molecule has 4 nitrogen and oxygen atoms in total. The number of aromatic nitrogens is 3. The summed E-state index contributed by atoms with van der Waals surface area (Å²) in [6.07, 6.45) is 4.08. The Morgan fingerprint density at radius 3 is 2.52 bits per heavy atom. The van der Waals surface area contributed by atoms with Crippen molar-refractivity contribution < 1.29 is 0 Å². The van der Waals surface area contributed by atoms with E-state index in [9.17, 15) is 0 Å². The third kappa shape index (κ3) is 2.55. The predicted molar refractivity (Wildman–Crippen MR) is 91.4 cm³/mol. The molecule has 2 atom stereocenters. The van der Waals surface area contributed by atoms with Gasteiger partial charge in [-0.25, -0.2) is 4.68 Å². The zero-order valence-corrected chi connectivity index (χ0v) is 13.2. The Bertz CT molecular complexity index is 807. The Hall–Kier alpha value is -2.46. The largest absolute Gasteiger partial charge is 0.325 e. The number of rotatable bonds is 4. The van der Waals surface area contributed by atoms with Crippen molar-refractivity contribution >= 4 is 0 Å². The first kappa shape index (κ1) is 14.2. The summed E-state index contributed by atoms with van der Waals surface area (Å²) >= 11 is 0. The second-order valence-corrected chi connectivity index (χ2v) is 6.35. The molecule has 1 aliphatic rings. The van der Waals surface area contributed by atoms with E-state index in [-0.39, 0.29) is 5.54 Å². The molecule has 0 spiro atoms. The fraction of sp³-hybridized carbons (Fsp3) is 0.263.